The van der Waals surface area contributed by atoms with Crippen LogP contribution in [0.4, 0.5) is 5.69 Å². The highest BCUT2D eigenvalue weighted by molar-refractivity contribution is 6.63. The maximum atomic E-state index is 11.3. The van der Waals surface area contributed by atoms with Crippen molar-refractivity contribution in [1.29, 1.82) is 0 Å². The number of hydrogen-bond donors (Lipinski definition) is 0. The third-order valence-corrected chi connectivity index (χ3v) is 3.02. The van der Waals surface area contributed by atoms with Gasteiger partial charge in [-0.2, -0.15) is 0 Å². The van der Waals surface area contributed by atoms with Gasteiger partial charge in [0.2, 0.25) is 0 Å². The van der Waals surface area contributed by atoms with Crippen LogP contribution in [0.5, 0.6) is 0 Å². The van der Waals surface area contributed by atoms with Crippen LogP contribution in [0.1, 0.15) is 10.4 Å². The second-order valence-electron chi connectivity index (χ2n) is 3.57. The third kappa shape index (κ3) is 2.75. The number of anilines is 1. The van der Waals surface area contributed by atoms with Crippen molar-refractivity contribution in [2.24, 2.45) is 0 Å². The molecule has 1 aliphatic heterocycles. The summed E-state index contributed by atoms with van der Waals surface area (Å²) in [6.07, 6.45) is 3.50. The first-order valence-electron chi connectivity index (χ1n) is 5.31. The average Bonchev–Trinajstić information content (AvgIpc) is 2.68. The Morgan fingerprint density at radius 1 is 1.00 bits per heavy atom. The number of nitrogens with zero attached hydrogens (tertiary/aromatic N) is 2. The maximum Gasteiger partial charge on any atom is 0.314 e. The van der Waals surface area contributed by atoms with Crippen LogP contribution in [0.3, 0.4) is 0 Å². The van der Waals surface area contributed by atoms with Crippen LogP contribution < -0.4 is 4.42 Å². The van der Waals surface area contributed by atoms with Crippen molar-refractivity contribution in [3.63, 3.8) is 0 Å². The molecule has 6 heteroatoms. The molecule has 0 N–H and O–H groups in total. The molecule has 0 fully saturated rings. The van der Waals surface area contributed by atoms with E-state index in [4.69, 9.17) is 23.4 Å². The normalized spacial score (nSPS) is 12.8. The van der Waals surface area contributed by atoms with Gasteiger partial charge in [0.1, 0.15) is 0 Å². The zero-order chi connectivity index (χ0) is 13.8. The van der Waals surface area contributed by atoms with Crippen LogP contribution in [0.2, 0.25) is 5.02 Å². The van der Waals surface area contributed by atoms with E-state index in [0.29, 0.717) is 5.69 Å². The zero-order valence-corrected chi connectivity index (χ0v) is 11.1. The van der Waals surface area contributed by atoms with Gasteiger partial charge in [0, 0.05) is 24.2 Å². The standard InChI is InChI=1S/C8H3Cl2NO2.C5H5N/c9-4-2-1-3-5-6(4)7(12)8(13)11(5)10;1-2-4-6-5-3-1/h1-3H;1-5H. The van der Waals surface area contributed by atoms with Gasteiger partial charge in [-0.15, -0.1) is 0 Å². The lowest BCUT2D eigenvalue weighted by molar-refractivity contribution is -0.113. The van der Waals surface area contributed by atoms with Gasteiger partial charge < -0.3 is 0 Å². The van der Waals surface area contributed by atoms with E-state index >= 15 is 0 Å². The van der Waals surface area contributed by atoms with E-state index in [1.165, 1.54) is 0 Å². The second kappa shape index (κ2) is 5.82. The summed E-state index contributed by atoms with van der Waals surface area (Å²) >= 11 is 11.3. The van der Waals surface area contributed by atoms with Gasteiger partial charge in [0.15, 0.2) is 0 Å². The zero-order valence-electron chi connectivity index (χ0n) is 9.59. The number of ketones is 1. The van der Waals surface area contributed by atoms with Gasteiger partial charge in [0.25, 0.3) is 5.78 Å². The van der Waals surface area contributed by atoms with Gasteiger partial charge in [-0.25, -0.2) is 4.42 Å². The fourth-order valence-corrected chi connectivity index (χ4v) is 1.99. The summed E-state index contributed by atoms with van der Waals surface area (Å²) in [6, 6.07) is 10.5. The van der Waals surface area contributed by atoms with Gasteiger partial charge in [0.05, 0.1) is 16.3 Å². The minimum atomic E-state index is -0.759. The SMILES string of the molecule is O=C1C(=O)N(Cl)c2cccc(Cl)c21.c1ccncc1. The number of carbonyl (C=O) groups excluding carboxylic acids is 2. The number of fused-ring (bicyclic) bond motifs is 1. The molecule has 2 heterocycles. The summed E-state index contributed by atoms with van der Waals surface area (Å²) < 4.78 is 0.781. The Labute approximate surface area is 119 Å². The second-order valence-corrected chi connectivity index (χ2v) is 4.32. The molecule has 0 radical (unpaired) electrons. The minimum Gasteiger partial charge on any atom is -0.283 e. The Kier molecular flexibility index (Phi) is 4.14. The summed E-state index contributed by atoms with van der Waals surface area (Å²) in [5.41, 5.74) is 0.535. The Balaban J connectivity index is 0.000000186. The van der Waals surface area contributed by atoms with Crippen molar-refractivity contribution in [2.45, 2.75) is 0 Å². The number of halogens is 2. The number of rotatable bonds is 0. The highest BCUT2D eigenvalue weighted by atomic mass is 35.5. The Morgan fingerprint density at radius 3 is 2.16 bits per heavy atom. The van der Waals surface area contributed by atoms with Gasteiger partial charge in [-0.1, -0.05) is 23.7 Å². The topological polar surface area (TPSA) is 50.3 Å². The van der Waals surface area contributed by atoms with Gasteiger partial charge in [-0.3, -0.25) is 14.6 Å². The number of hydrogen-bond acceptors (Lipinski definition) is 3. The minimum absolute atomic E-state index is 0.184. The predicted molar refractivity (Wildman–Crippen MR) is 73.4 cm³/mol. The van der Waals surface area contributed by atoms with Crippen molar-refractivity contribution in [3.05, 3.63) is 59.4 Å². The summed E-state index contributed by atoms with van der Waals surface area (Å²) in [4.78, 5) is 26.2. The van der Waals surface area contributed by atoms with E-state index in [2.05, 4.69) is 4.98 Å². The molecule has 1 aromatic heterocycles. The Bertz CT molecular complexity index is 591. The van der Waals surface area contributed by atoms with E-state index in [-0.39, 0.29) is 10.6 Å². The lowest BCUT2D eigenvalue weighted by Gasteiger charge is -2.03. The number of amides is 1. The number of pyridine rings is 1. The number of aromatic nitrogens is 1. The van der Waals surface area contributed by atoms with Crippen LogP contribution in [0.25, 0.3) is 0 Å². The maximum absolute atomic E-state index is 11.3. The first kappa shape index (κ1) is 13.5. The molecule has 0 bridgehead atoms. The van der Waals surface area contributed by atoms with E-state index in [0.717, 1.165) is 4.42 Å². The molecule has 2 aromatic rings. The smallest absolute Gasteiger partial charge is 0.283 e. The molecular formula is C13H8Cl2N2O2. The fraction of sp³-hybridized carbons (Fsp3) is 0. The molecule has 0 unspecified atom stereocenters. The lowest BCUT2D eigenvalue weighted by atomic mass is 10.1. The predicted octanol–water partition coefficient (Wildman–Crippen LogP) is 3.10. The lowest BCUT2D eigenvalue weighted by Crippen LogP contribution is -2.19. The van der Waals surface area contributed by atoms with Crippen LogP contribution in [0.15, 0.2) is 48.8 Å². The summed E-state index contributed by atoms with van der Waals surface area (Å²) in [5.74, 6) is -1.42. The first-order chi connectivity index (χ1) is 9.13. The number of benzene rings is 1. The molecule has 4 nitrogen and oxygen atoms in total. The van der Waals surface area contributed by atoms with Crippen LogP contribution >= 0.6 is 23.4 Å². The Hall–Kier alpha value is -1.91. The van der Waals surface area contributed by atoms with Crippen LogP contribution in [0, 0.1) is 0 Å². The molecule has 0 aliphatic carbocycles. The number of Topliss-reactive ketones (excluding diaryl/α,β-unsaturated/α-hetero) is 1. The van der Waals surface area contributed by atoms with E-state index in [9.17, 15) is 9.59 Å². The molecule has 3 rings (SSSR count). The van der Waals surface area contributed by atoms with E-state index in [1.807, 2.05) is 18.2 Å². The largest absolute Gasteiger partial charge is 0.314 e. The van der Waals surface area contributed by atoms with E-state index in [1.54, 1.807) is 30.6 Å². The third-order valence-electron chi connectivity index (χ3n) is 2.37. The molecule has 96 valence electrons. The molecule has 0 atom stereocenters. The molecular weight excluding hydrogens is 287 g/mol. The summed E-state index contributed by atoms with van der Waals surface area (Å²) in [6.45, 7) is 0. The van der Waals surface area contributed by atoms with Crippen molar-refractivity contribution in [1.82, 2.24) is 4.98 Å². The average molecular weight is 295 g/mol. The van der Waals surface area contributed by atoms with Crippen molar-refractivity contribution in [2.75, 3.05) is 4.42 Å². The number of carbonyl (C=O) groups is 2. The fourth-order valence-electron chi connectivity index (χ4n) is 1.52. The molecule has 19 heavy (non-hydrogen) atoms. The monoisotopic (exact) mass is 294 g/mol. The highest BCUT2D eigenvalue weighted by Gasteiger charge is 2.36. The molecule has 0 saturated carbocycles. The molecule has 0 spiro atoms. The molecule has 0 saturated heterocycles. The van der Waals surface area contributed by atoms with Gasteiger partial charge >= 0.3 is 5.91 Å². The summed E-state index contributed by atoms with van der Waals surface area (Å²) in [7, 11) is 0. The van der Waals surface area contributed by atoms with Crippen molar-refractivity contribution < 1.29 is 9.59 Å². The molecule has 1 aromatic carbocycles. The van der Waals surface area contributed by atoms with E-state index < -0.39 is 11.7 Å². The Morgan fingerprint density at radius 2 is 1.68 bits per heavy atom. The highest BCUT2D eigenvalue weighted by Crippen LogP contribution is 2.34. The molecule has 1 aliphatic rings. The first-order valence-corrected chi connectivity index (χ1v) is 6.02. The van der Waals surface area contributed by atoms with Crippen LogP contribution in [-0.4, -0.2) is 16.7 Å². The van der Waals surface area contributed by atoms with Crippen molar-refractivity contribution >= 4 is 40.8 Å². The van der Waals surface area contributed by atoms with Gasteiger partial charge in [-0.05, 0) is 24.3 Å². The molecule has 1 amide bonds. The van der Waals surface area contributed by atoms with Crippen LogP contribution in [-0.2, 0) is 4.79 Å². The quantitative estimate of drug-likeness (QED) is 0.554. The van der Waals surface area contributed by atoms with Crippen molar-refractivity contribution in [3.8, 4) is 0 Å². The summed E-state index contributed by atoms with van der Waals surface area (Å²) in [5, 5.41) is 0.249.